The fourth-order valence-corrected chi connectivity index (χ4v) is 1.96. The van der Waals surface area contributed by atoms with E-state index < -0.39 is 11.7 Å². The summed E-state index contributed by atoms with van der Waals surface area (Å²) in [5.74, 6) is 1.45. The van der Waals surface area contributed by atoms with Gasteiger partial charge in [-0.25, -0.2) is 9.78 Å². The van der Waals surface area contributed by atoms with Gasteiger partial charge in [-0.3, -0.25) is 0 Å². The van der Waals surface area contributed by atoms with Crippen molar-refractivity contribution >= 4 is 11.8 Å². The standard InChI is InChI=1S/C18H23N3O4/c1-18(2,3)25-17(22)21-10-12-5-7-14(15(9-12)23-4)24-16-8-6-13(19)11-20-16/h5-9,11H,10,19H2,1-4H3,(H,21,22). The van der Waals surface area contributed by atoms with Crippen LogP contribution in [-0.2, 0) is 11.3 Å². The molecule has 0 fully saturated rings. The number of nitrogen functional groups attached to an aromatic ring is 1. The predicted molar refractivity (Wildman–Crippen MR) is 94.8 cm³/mol. The van der Waals surface area contributed by atoms with Gasteiger partial charge in [0.25, 0.3) is 0 Å². The molecule has 0 aliphatic heterocycles. The van der Waals surface area contributed by atoms with Gasteiger partial charge in [0.1, 0.15) is 5.60 Å². The highest BCUT2D eigenvalue weighted by Crippen LogP contribution is 2.31. The SMILES string of the molecule is COc1cc(CNC(=O)OC(C)(C)C)ccc1Oc1ccc(N)cn1. The molecule has 1 amide bonds. The Hall–Kier alpha value is -2.96. The van der Waals surface area contributed by atoms with Gasteiger partial charge in [-0.05, 0) is 44.5 Å². The van der Waals surface area contributed by atoms with Gasteiger partial charge in [0.05, 0.1) is 19.0 Å². The monoisotopic (exact) mass is 345 g/mol. The quantitative estimate of drug-likeness (QED) is 0.861. The third kappa shape index (κ3) is 5.87. The number of ether oxygens (including phenoxy) is 3. The van der Waals surface area contributed by atoms with Crippen LogP contribution >= 0.6 is 0 Å². The summed E-state index contributed by atoms with van der Waals surface area (Å²) in [6.07, 6.45) is 1.04. The van der Waals surface area contributed by atoms with E-state index in [0.29, 0.717) is 29.6 Å². The second-order valence-electron chi connectivity index (χ2n) is 6.37. The molecule has 1 heterocycles. The summed E-state index contributed by atoms with van der Waals surface area (Å²) in [5, 5.41) is 2.70. The minimum Gasteiger partial charge on any atom is -0.493 e. The highest BCUT2D eigenvalue weighted by atomic mass is 16.6. The van der Waals surface area contributed by atoms with Crippen LogP contribution in [0.5, 0.6) is 17.4 Å². The second kappa shape index (κ2) is 7.74. The molecule has 0 saturated heterocycles. The van der Waals surface area contributed by atoms with Crippen LogP contribution in [0.1, 0.15) is 26.3 Å². The van der Waals surface area contributed by atoms with Crippen molar-refractivity contribution in [3.8, 4) is 17.4 Å². The van der Waals surface area contributed by atoms with Gasteiger partial charge in [0.2, 0.25) is 5.88 Å². The minimum atomic E-state index is -0.536. The first kappa shape index (κ1) is 18.4. The third-order valence-corrected chi connectivity index (χ3v) is 3.04. The first-order valence-electron chi connectivity index (χ1n) is 7.80. The fourth-order valence-electron chi connectivity index (χ4n) is 1.96. The van der Waals surface area contributed by atoms with Gasteiger partial charge < -0.3 is 25.3 Å². The number of carbonyl (C=O) groups excluding carboxylic acids is 1. The van der Waals surface area contributed by atoms with E-state index in [9.17, 15) is 4.79 Å². The summed E-state index contributed by atoms with van der Waals surface area (Å²) >= 11 is 0. The molecule has 25 heavy (non-hydrogen) atoms. The molecule has 2 aromatic rings. The van der Waals surface area contributed by atoms with Crippen molar-refractivity contribution in [2.45, 2.75) is 32.9 Å². The second-order valence-corrected chi connectivity index (χ2v) is 6.37. The topological polar surface area (TPSA) is 95.7 Å². The number of carbonyl (C=O) groups is 1. The first-order chi connectivity index (χ1) is 11.8. The number of rotatable bonds is 5. The summed E-state index contributed by atoms with van der Waals surface area (Å²) in [7, 11) is 1.55. The van der Waals surface area contributed by atoms with Crippen molar-refractivity contribution in [1.82, 2.24) is 10.3 Å². The molecule has 0 radical (unpaired) electrons. The van der Waals surface area contributed by atoms with Crippen LogP contribution in [0.25, 0.3) is 0 Å². The normalized spacial score (nSPS) is 10.9. The zero-order chi connectivity index (χ0) is 18.4. The number of benzene rings is 1. The Morgan fingerprint density at radius 2 is 1.96 bits per heavy atom. The van der Waals surface area contributed by atoms with E-state index in [2.05, 4.69) is 10.3 Å². The number of nitrogens with one attached hydrogen (secondary N) is 1. The van der Waals surface area contributed by atoms with Crippen LogP contribution in [0.15, 0.2) is 36.5 Å². The maximum Gasteiger partial charge on any atom is 0.407 e. The van der Waals surface area contributed by atoms with Crippen LogP contribution < -0.4 is 20.5 Å². The number of aromatic nitrogens is 1. The van der Waals surface area contributed by atoms with Crippen LogP contribution in [0.2, 0.25) is 0 Å². The van der Waals surface area contributed by atoms with Crippen molar-refractivity contribution in [3.05, 3.63) is 42.1 Å². The van der Waals surface area contributed by atoms with E-state index in [-0.39, 0.29) is 0 Å². The summed E-state index contributed by atoms with van der Waals surface area (Å²) in [6, 6.07) is 8.74. The molecule has 0 saturated carbocycles. The van der Waals surface area contributed by atoms with Crippen LogP contribution in [0.3, 0.4) is 0 Å². The molecule has 3 N–H and O–H groups in total. The summed E-state index contributed by atoms with van der Waals surface area (Å²) < 4.78 is 16.2. The Morgan fingerprint density at radius 3 is 2.56 bits per heavy atom. The molecular formula is C18H23N3O4. The third-order valence-electron chi connectivity index (χ3n) is 3.04. The Labute approximate surface area is 147 Å². The number of pyridine rings is 1. The number of methoxy groups -OCH3 is 1. The highest BCUT2D eigenvalue weighted by Gasteiger charge is 2.16. The van der Waals surface area contributed by atoms with Crippen molar-refractivity contribution < 1.29 is 19.0 Å². The zero-order valence-corrected chi connectivity index (χ0v) is 14.8. The van der Waals surface area contributed by atoms with Crippen LogP contribution in [0.4, 0.5) is 10.5 Å². The number of alkyl carbamates (subject to hydrolysis) is 1. The van der Waals surface area contributed by atoms with Gasteiger partial charge in [0.15, 0.2) is 11.5 Å². The summed E-state index contributed by atoms with van der Waals surface area (Å²) in [6.45, 7) is 5.75. The molecule has 0 bridgehead atoms. The molecule has 134 valence electrons. The number of hydrogen-bond acceptors (Lipinski definition) is 6. The molecule has 2 rings (SSSR count). The Bertz CT molecular complexity index is 724. The van der Waals surface area contributed by atoms with Crippen LogP contribution in [-0.4, -0.2) is 23.8 Å². The fraction of sp³-hybridized carbons (Fsp3) is 0.333. The molecule has 0 unspecified atom stereocenters. The number of amides is 1. The molecule has 0 atom stereocenters. The van der Waals surface area contributed by atoms with Crippen molar-refractivity contribution in [1.29, 1.82) is 0 Å². The lowest BCUT2D eigenvalue weighted by molar-refractivity contribution is 0.0523. The van der Waals surface area contributed by atoms with Crippen molar-refractivity contribution in [2.24, 2.45) is 0 Å². The largest absolute Gasteiger partial charge is 0.493 e. The Kier molecular flexibility index (Phi) is 5.69. The van der Waals surface area contributed by atoms with E-state index in [1.54, 1.807) is 31.4 Å². The molecule has 0 aliphatic carbocycles. The maximum absolute atomic E-state index is 11.7. The maximum atomic E-state index is 11.7. The lowest BCUT2D eigenvalue weighted by atomic mass is 10.2. The average molecular weight is 345 g/mol. The number of nitrogens with two attached hydrogens (primary N) is 1. The van der Waals surface area contributed by atoms with Gasteiger partial charge >= 0.3 is 6.09 Å². The molecule has 0 spiro atoms. The van der Waals surface area contributed by atoms with Gasteiger partial charge in [-0.1, -0.05) is 6.07 Å². The van der Waals surface area contributed by atoms with E-state index in [0.717, 1.165) is 5.56 Å². The summed E-state index contributed by atoms with van der Waals surface area (Å²) in [5.41, 5.74) is 6.47. The molecule has 7 heteroatoms. The lowest BCUT2D eigenvalue weighted by Crippen LogP contribution is -2.32. The smallest absolute Gasteiger partial charge is 0.407 e. The van der Waals surface area contributed by atoms with E-state index in [4.69, 9.17) is 19.9 Å². The Balaban J connectivity index is 2.03. The predicted octanol–water partition coefficient (Wildman–Crippen LogP) is 3.49. The van der Waals surface area contributed by atoms with Gasteiger partial charge in [-0.15, -0.1) is 0 Å². The molecular weight excluding hydrogens is 322 g/mol. The van der Waals surface area contributed by atoms with E-state index >= 15 is 0 Å². The minimum absolute atomic E-state index is 0.311. The van der Waals surface area contributed by atoms with Crippen molar-refractivity contribution in [3.63, 3.8) is 0 Å². The van der Waals surface area contributed by atoms with E-state index in [1.807, 2.05) is 26.8 Å². The molecule has 0 aliphatic rings. The van der Waals surface area contributed by atoms with E-state index in [1.165, 1.54) is 6.20 Å². The highest BCUT2D eigenvalue weighted by molar-refractivity contribution is 5.67. The lowest BCUT2D eigenvalue weighted by Gasteiger charge is -2.19. The zero-order valence-electron chi connectivity index (χ0n) is 14.8. The van der Waals surface area contributed by atoms with Crippen LogP contribution in [0, 0.1) is 0 Å². The average Bonchev–Trinajstić information content (AvgIpc) is 2.54. The molecule has 1 aromatic heterocycles. The number of hydrogen-bond donors (Lipinski definition) is 2. The molecule has 7 nitrogen and oxygen atoms in total. The van der Waals surface area contributed by atoms with Gasteiger partial charge in [-0.2, -0.15) is 0 Å². The first-order valence-corrected chi connectivity index (χ1v) is 7.80. The van der Waals surface area contributed by atoms with Gasteiger partial charge in [0, 0.05) is 12.6 Å². The number of anilines is 1. The Morgan fingerprint density at radius 1 is 1.20 bits per heavy atom. The van der Waals surface area contributed by atoms with Crippen molar-refractivity contribution in [2.75, 3.05) is 12.8 Å². The molecule has 1 aromatic carbocycles. The summed E-state index contributed by atoms with van der Waals surface area (Å²) in [4.78, 5) is 15.8. The number of nitrogens with zero attached hydrogens (tertiary/aromatic N) is 1.